The number of hydrogen-bond acceptors (Lipinski definition) is 5. The summed E-state index contributed by atoms with van der Waals surface area (Å²) >= 11 is 0. The van der Waals surface area contributed by atoms with Crippen molar-refractivity contribution < 1.29 is 13.9 Å². The van der Waals surface area contributed by atoms with Crippen molar-refractivity contribution in [2.45, 2.75) is 33.2 Å². The summed E-state index contributed by atoms with van der Waals surface area (Å²) in [6, 6.07) is 11.4. The van der Waals surface area contributed by atoms with Crippen LogP contribution in [0.15, 0.2) is 45.6 Å². The van der Waals surface area contributed by atoms with Crippen LogP contribution in [0.3, 0.4) is 0 Å². The molecular weight excluding hydrogens is 416 g/mol. The molecule has 0 unspecified atom stereocenters. The van der Waals surface area contributed by atoms with Gasteiger partial charge in [-0.15, -0.1) is 0 Å². The highest BCUT2D eigenvalue weighted by atomic mass is 16.5. The molecule has 0 radical (unpaired) electrons. The van der Waals surface area contributed by atoms with Gasteiger partial charge in [-0.3, -0.25) is 14.5 Å². The average Bonchev–Trinajstić information content (AvgIpc) is 3.09. The van der Waals surface area contributed by atoms with Crippen LogP contribution in [0.25, 0.3) is 11.0 Å². The molecule has 2 aliphatic rings. The Labute approximate surface area is 193 Å². The zero-order valence-corrected chi connectivity index (χ0v) is 19.5. The maximum absolute atomic E-state index is 13.7. The van der Waals surface area contributed by atoms with E-state index in [0.29, 0.717) is 23.1 Å². The van der Waals surface area contributed by atoms with Crippen LogP contribution in [-0.2, 0) is 4.74 Å². The predicted molar refractivity (Wildman–Crippen MR) is 128 cm³/mol. The van der Waals surface area contributed by atoms with E-state index in [1.807, 2.05) is 62.1 Å². The van der Waals surface area contributed by atoms with Gasteiger partial charge in [-0.1, -0.05) is 29.8 Å². The minimum absolute atomic E-state index is 0.107. The summed E-state index contributed by atoms with van der Waals surface area (Å²) in [5.41, 5.74) is 4.98. The first-order chi connectivity index (χ1) is 15.9. The molecule has 2 aromatic carbocycles. The van der Waals surface area contributed by atoms with Crippen molar-refractivity contribution in [3.05, 3.63) is 80.2 Å². The molecule has 1 amide bonds. The van der Waals surface area contributed by atoms with Crippen LogP contribution in [-0.4, -0.2) is 55.1 Å². The van der Waals surface area contributed by atoms with Crippen LogP contribution in [0, 0.1) is 20.8 Å². The summed E-state index contributed by atoms with van der Waals surface area (Å²) in [7, 11) is 0. The monoisotopic (exact) mass is 446 g/mol. The lowest BCUT2D eigenvalue weighted by atomic mass is 9.97. The third-order valence-electron chi connectivity index (χ3n) is 6.95. The van der Waals surface area contributed by atoms with E-state index in [1.165, 1.54) is 0 Å². The lowest BCUT2D eigenvalue weighted by molar-refractivity contribution is 0.0353. The van der Waals surface area contributed by atoms with Crippen molar-refractivity contribution in [2.75, 3.05) is 39.4 Å². The molecule has 0 aliphatic carbocycles. The molecule has 3 aromatic rings. The van der Waals surface area contributed by atoms with Crippen LogP contribution in [0.4, 0.5) is 0 Å². The number of aryl methyl sites for hydroxylation is 3. The molecule has 2 aliphatic heterocycles. The highest BCUT2D eigenvalue weighted by molar-refractivity contribution is 5.99. The van der Waals surface area contributed by atoms with Crippen LogP contribution >= 0.6 is 0 Å². The van der Waals surface area contributed by atoms with E-state index in [2.05, 4.69) is 4.90 Å². The third kappa shape index (κ3) is 3.98. The number of ether oxygens (including phenoxy) is 1. The van der Waals surface area contributed by atoms with E-state index in [1.54, 1.807) is 0 Å². The lowest BCUT2D eigenvalue weighted by Gasteiger charge is -2.29. The zero-order valence-electron chi connectivity index (χ0n) is 19.5. The minimum atomic E-state index is -0.431. The van der Waals surface area contributed by atoms with E-state index < -0.39 is 6.04 Å². The molecule has 3 heterocycles. The number of amides is 1. The number of fused-ring (bicyclic) bond motifs is 2. The first-order valence-corrected chi connectivity index (χ1v) is 11.7. The molecule has 1 aromatic heterocycles. The molecule has 1 fully saturated rings. The van der Waals surface area contributed by atoms with Crippen molar-refractivity contribution in [1.29, 1.82) is 0 Å². The zero-order chi connectivity index (χ0) is 23.1. The summed E-state index contributed by atoms with van der Waals surface area (Å²) in [6.07, 6.45) is 0.827. The van der Waals surface area contributed by atoms with Gasteiger partial charge in [0.05, 0.1) is 30.2 Å². The second-order valence-electron chi connectivity index (χ2n) is 9.23. The second kappa shape index (κ2) is 8.76. The Hall–Kier alpha value is -2.96. The van der Waals surface area contributed by atoms with E-state index in [-0.39, 0.29) is 17.1 Å². The van der Waals surface area contributed by atoms with E-state index in [0.717, 1.165) is 61.5 Å². The smallest absolute Gasteiger partial charge is 0.290 e. The Morgan fingerprint density at radius 3 is 2.36 bits per heavy atom. The molecule has 1 atom stereocenters. The lowest BCUT2D eigenvalue weighted by Crippen LogP contribution is -2.38. The Kier molecular flexibility index (Phi) is 5.81. The number of benzene rings is 2. The standard InChI is InChI=1S/C27H30N2O4/c1-17-5-7-20(8-6-17)24-23-25(30)21-15-18(2)19(3)16-22(21)33-26(23)27(31)29(24)10-4-9-28-11-13-32-14-12-28/h5-8,15-16,24H,4,9-14H2,1-3H3/t24-/m1/s1. The van der Waals surface area contributed by atoms with Crippen LogP contribution in [0.2, 0.25) is 0 Å². The molecular formula is C27H30N2O4. The van der Waals surface area contributed by atoms with Crippen molar-refractivity contribution >= 4 is 16.9 Å². The summed E-state index contributed by atoms with van der Waals surface area (Å²) in [4.78, 5) is 31.4. The largest absolute Gasteiger partial charge is 0.450 e. The van der Waals surface area contributed by atoms with Crippen molar-refractivity contribution in [1.82, 2.24) is 9.80 Å². The second-order valence-corrected chi connectivity index (χ2v) is 9.23. The Morgan fingerprint density at radius 2 is 1.64 bits per heavy atom. The molecule has 0 bridgehead atoms. The van der Waals surface area contributed by atoms with Gasteiger partial charge in [0.2, 0.25) is 5.76 Å². The summed E-state index contributed by atoms with van der Waals surface area (Å²) < 4.78 is 11.6. The molecule has 5 rings (SSSR count). The topological polar surface area (TPSA) is 63.0 Å². The van der Waals surface area contributed by atoms with Gasteiger partial charge < -0.3 is 14.1 Å². The number of rotatable bonds is 5. The van der Waals surface area contributed by atoms with E-state index in [4.69, 9.17) is 9.15 Å². The normalized spacial score (nSPS) is 18.8. The van der Waals surface area contributed by atoms with Crippen molar-refractivity contribution in [3.63, 3.8) is 0 Å². The van der Waals surface area contributed by atoms with Gasteiger partial charge in [0.15, 0.2) is 5.43 Å². The number of morpholine rings is 1. The molecule has 0 saturated carbocycles. The maximum atomic E-state index is 13.7. The average molecular weight is 447 g/mol. The maximum Gasteiger partial charge on any atom is 0.290 e. The third-order valence-corrected chi connectivity index (χ3v) is 6.95. The number of nitrogens with zero attached hydrogens (tertiary/aromatic N) is 2. The molecule has 6 nitrogen and oxygen atoms in total. The number of carbonyl (C=O) groups excluding carboxylic acids is 1. The summed E-state index contributed by atoms with van der Waals surface area (Å²) in [5.74, 6) is -0.0116. The molecule has 0 N–H and O–H groups in total. The van der Waals surface area contributed by atoms with E-state index in [9.17, 15) is 9.59 Å². The van der Waals surface area contributed by atoms with Gasteiger partial charge in [0, 0.05) is 26.2 Å². The van der Waals surface area contributed by atoms with Crippen LogP contribution < -0.4 is 5.43 Å². The van der Waals surface area contributed by atoms with Crippen LogP contribution in [0.1, 0.15) is 50.8 Å². The fraction of sp³-hybridized carbons (Fsp3) is 0.407. The number of hydrogen-bond donors (Lipinski definition) is 0. The van der Waals surface area contributed by atoms with Gasteiger partial charge in [-0.25, -0.2) is 0 Å². The van der Waals surface area contributed by atoms with Crippen LogP contribution in [0.5, 0.6) is 0 Å². The predicted octanol–water partition coefficient (Wildman–Crippen LogP) is 3.99. The molecule has 6 heteroatoms. The Morgan fingerprint density at radius 1 is 0.939 bits per heavy atom. The first-order valence-electron chi connectivity index (χ1n) is 11.7. The van der Waals surface area contributed by atoms with Gasteiger partial charge in [0.1, 0.15) is 5.58 Å². The molecule has 33 heavy (non-hydrogen) atoms. The minimum Gasteiger partial charge on any atom is -0.450 e. The van der Waals surface area contributed by atoms with Crippen molar-refractivity contribution in [2.24, 2.45) is 0 Å². The molecule has 1 saturated heterocycles. The highest BCUT2D eigenvalue weighted by Gasteiger charge is 2.42. The molecule has 172 valence electrons. The van der Waals surface area contributed by atoms with Gasteiger partial charge in [-0.05, 0) is 56.0 Å². The Bertz CT molecular complexity index is 1260. The van der Waals surface area contributed by atoms with E-state index >= 15 is 0 Å². The molecule has 0 spiro atoms. The van der Waals surface area contributed by atoms with Crippen molar-refractivity contribution in [3.8, 4) is 0 Å². The SMILES string of the molecule is Cc1ccc([C@@H]2c3c(oc4cc(C)c(C)cc4c3=O)C(=O)N2CCCN2CCOCC2)cc1. The summed E-state index contributed by atoms with van der Waals surface area (Å²) in [5, 5.41) is 0.539. The van der Waals surface area contributed by atoms with Gasteiger partial charge in [-0.2, -0.15) is 0 Å². The van der Waals surface area contributed by atoms with Gasteiger partial charge >= 0.3 is 0 Å². The fourth-order valence-electron chi connectivity index (χ4n) is 4.89. The van der Waals surface area contributed by atoms with Gasteiger partial charge in [0.25, 0.3) is 5.91 Å². The quantitative estimate of drug-likeness (QED) is 0.593. The first kappa shape index (κ1) is 21.9. The summed E-state index contributed by atoms with van der Waals surface area (Å²) in [6.45, 7) is 10.8. The fourth-order valence-corrected chi connectivity index (χ4v) is 4.89. The Balaban J connectivity index is 1.55. The number of carbonyl (C=O) groups is 1. The highest BCUT2D eigenvalue weighted by Crippen LogP contribution is 2.38.